The lowest BCUT2D eigenvalue weighted by atomic mass is 9.97. The summed E-state index contributed by atoms with van der Waals surface area (Å²) in [5, 5.41) is 5.52. The monoisotopic (exact) mass is 402 g/mol. The van der Waals surface area contributed by atoms with Gasteiger partial charge in [0.25, 0.3) is 5.78 Å². The van der Waals surface area contributed by atoms with Gasteiger partial charge in [0.15, 0.2) is 0 Å². The maximum absolute atomic E-state index is 4.75. The van der Waals surface area contributed by atoms with Crippen molar-refractivity contribution >= 4 is 17.5 Å². The van der Waals surface area contributed by atoms with Gasteiger partial charge in [-0.3, -0.25) is 0 Å². The molecule has 0 fully saturated rings. The van der Waals surface area contributed by atoms with Crippen molar-refractivity contribution in [3.05, 3.63) is 87.2 Å². The molecule has 0 aliphatic rings. The molecule has 0 saturated carbocycles. The third-order valence-electron chi connectivity index (χ3n) is 5.52. The molecule has 0 radical (unpaired) electrons. The molecule has 0 bridgehead atoms. The first-order chi connectivity index (χ1) is 13.9. The minimum absolute atomic E-state index is 0.678. The number of aryl methyl sites for hydroxylation is 5. The van der Waals surface area contributed by atoms with Crippen LogP contribution in [0.3, 0.4) is 0 Å². The van der Waals surface area contributed by atoms with Crippen molar-refractivity contribution in [3.63, 3.8) is 0 Å². The van der Waals surface area contributed by atoms with Crippen LogP contribution in [0.25, 0.3) is 5.78 Å². The second kappa shape index (κ2) is 7.99. The van der Waals surface area contributed by atoms with E-state index in [1.807, 2.05) is 4.52 Å². The molecule has 0 saturated heterocycles. The Morgan fingerprint density at radius 3 is 2.41 bits per heavy atom. The molecular weight excluding hydrogens is 376 g/mol. The van der Waals surface area contributed by atoms with Gasteiger partial charge in [0.2, 0.25) is 5.16 Å². The van der Waals surface area contributed by atoms with E-state index in [4.69, 9.17) is 10.1 Å². The molecule has 0 atom stereocenters. The molecule has 29 heavy (non-hydrogen) atoms. The Kier molecular flexibility index (Phi) is 5.41. The zero-order valence-electron chi connectivity index (χ0n) is 17.7. The Labute approximate surface area is 176 Å². The van der Waals surface area contributed by atoms with Gasteiger partial charge >= 0.3 is 0 Å². The summed E-state index contributed by atoms with van der Waals surface area (Å²) >= 11 is 1.66. The van der Waals surface area contributed by atoms with E-state index in [2.05, 4.69) is 82.1 Å². The lowest BCUT2D eigenvalue weighted by Gasteiger charge is -2.12. The van der Waals surface area contributed by atoms with Crippen molar-refractivity contribution in [1.82, 2.24) is 19.6 Å². The molecule has 0 spiro atoms. The predicted molar refractivity (Wildman–Crippen MR) is 120 cm³/mol. The van der Waals surface area contributed by atoms with Crippen LogP contribution in [0.15, 0.2) is 47.6 Å². The molecule has 2 heterocycles. The van der Waals surface area contributed by atoms with Crippen LogP contribution in [-0.2, 0) is 12.2 Å². The smallest absolute Gasteiger partial charge is 0.216 e. The first-order valence-corrected chi connectivity index (χ1v) is 10.9. The summed E-state index contributed by atoms with van der Waals surface area (Å²) in [5.41, 5.74) is 9.91. The van der Waals surface area contributed by atoms with Gasteiger partial charge in [0.05, 0.1) is 0 Å². The van der Waals surface area contributed by atoms with E-state index in [1.54, 1.807) is 11.8 Å². The molecule has 4 nitrogen and oxygen atoms in total. The number of thioether (sulfide) groups is 1. The molecule has 0 N–H and O–H groups in total. The van der Waals surface area contributed by atoms with Gasteiger partial charge in [-0.05, 0) is 62.4 Å². The van der Waals surface area contributed by atoms with Gasteiger partial charge in [-0.25, -0.2) is 9.50 Å². The third kappa shape index (κ3) is 4.06. The van der Waals surface area contributed by atoms with Gasteiger partial charge in [-0.15, -0.1) is 5.10 Å². The topological polar surface area (TPSA) is 43.1 Å². The minimum atomic E-state index is 0.678. The molecule has 4 rings (SSSR count). The molecule has 148 valence electrons. The van der Waals surface area contributed by atoms with Crippen LogP contribution in [0.2, 0.25) is 0 Å². The van der Waals surface area contributed by atoms with E-state index in [0.29, 0.717) is 5.78 Å². The first-order valence-electron chi connectivity index (χ1n) is 9.88. The first kappa shape index (κ1) is 19.6. The standard InChI is InChI=1S/C24H26N4S/c1-15-10-11-17(3)21(12-15)13-22-18(4)25-23-26-24(27-28(23)19(22)5)29-14-20-9-7-6-8-16(20)2/h6-12H,13-14H2,1-5H3. The zero-order valence-corrected chi connectivity index (χ0v) is 18.5. The van der Waals surface area contributed by atoms with Crippen molar-refractivity contribution in [3.8, 4) is 0 Å². The lowest BCUT2D eigenvalue weighted by molar-refractivity contribution is 0.823. The quantitative estimate of drug-likeness (QED) is 0.411. The fraction of sp³-hybridized carbons (Fsp3) is 0.292. The van der Waals surface area contributed by atoms with Gasteiger partial charge < -0.3 is 0 Å². The Balaban J connectivity index is 1.64. The van der Waals surface area contributed by atoms with Crippen molar-refractivity contribution in [2.75, 3.05) is 0 Å². The largest absolute Gasteiger partial charge is 0.253 e. The zero-order chi connectivity index (χ0) is 20.5. The highest BCUT2D eigenvalue weighted by Crippen LogP contribution is 2.25. The summed E-state index contributed by atoms with van der Waals surface area (Å²) in [7, 11) is 0. The Morgan fingerprint density at radius 1 is 0.862 bits per heavy atom. The summed E-state index contributed by atoms with van der Waals surface area (Å²) < 4.78 is 1.90. The Morgan fingerprint density at radius 2 is 1.62 bits per heavy atom. The maximum Gasteiger partial charge on any atom is 0.253 e. The second-order valence-electron chi connectivity index (χ2n) is 7.69. The average molecular weight is 403 g/mol. The van der Waals surface area contributed by atoms with E-state index >= 15 is 0 Å². The normalized spacial score (nSPS) is 11.3. The highest BCUT2D eigenvalue weighted by atomic mass is 32.2. The van der Waals surface area contributed by atoms with Crippen molar-refractivity contribution in [2.24, 2.45) is 0 Å². The summed E-state index contributed by atoms with van der Waals surface area (Å²) in [6, 6.07) is 15.1. The maximum atomic E-state index is 4.75. The number of hydrogen-bond donors (Lipinski definition) is 0. The third-order valence-corrected chi connectivity index (χ3v) is 6.41. The molecular formula is C24H26N4S. The van der Waals surface area contributed by atoms with Crippen LogP contribution < -0.4 is 0 Å². The summed E-state index contributed by atoms with van der Waals surface area (Å²) in [5.74, 6) is 1.54. The highest BCUT2D eigenvalue weighted by Gasteiger charge is 2.15. The van der Waals surface area contributed by atoms with E-state index in [9.17, 15) is 0 Å². The average Bonchev–Trinajstić information content (AvgIpc) is 3.10. The number of nitrogens with zero attached hydrogens (tertiary/aromatic N) is 4. The fourth-order valence-electron chi connectivity index (χ4n) is 3.60. The predicted octanol–water partition coefficient (Wildman–Crippen LogP) is 5.55. The minimum Gasteiger partial charge on any atom is -0.216 e. The van der Waals surface area contributed by atoms with Crippen LogP contribution in [0.1, 0.15) is 44.8 Å². The van der Waals surface area contributed by atoms with Crippen LogP contribution in [-0.4, -0.2) is 19.6 Å². The molecule has 5 heteroatoms. The molecule has 0 aliphatic heterocycles. The van der Waals surface area contributed by atoms with Crippen LogP contribution >= 0.6 is 11.8 Å². The van der Waals surface area contributed by atoms with Gasteiger partial charge in [0.1, 0.15) is 0 Å². The second-order valence-corrected chi connectivity index (χ2v) is 8.63. The van der Waals surface area contributed by atoms with E-state index in [1.165, 1.54) is 33.4 Å². The number of hydrogen-bond acceptors (Lipinski definition) is 4. The van der Waals surface area contributed by atoms with Crippen LogP contribution in [0.5, 0.6) is 0 Å². The summed E-state index contributed by atoms with van der Waals surface area (Å²) in [4.78, 5) is 9.42. The fourth-order valence-corrected chi connectivity index (χ4v) is 4.50. The van der Waals surface area contributed by atoms with Crippen molar-refractivity contribution < 1.29 is 0 Å². The summed E-state index contributed by atoms with van der Waals surface area (Å²) in [6.07, 6.45) is 0.861. The number of fused-ring (bicyclic) bond motifs is 1. The Hall–Kier alpha value is -2.66. The molecule has 4 aromatic rings. The molecule has 0 aliphatic carbocycles. The van der Waals surface area contributed by atoms with E-state index < -0.39 is 0 Å². The van der Waals surface area contributed by atoms with Gasteiger partial charge in [-0.2, -0.15) is 4.98 Å². The number of benzene rings is 2. The molecule has 2 aromatic carbocycles. The van der Waals surface area contributed by atoms with Crippen LogP contribution in [0, 0.1) is 34.6 Å². The number of rotatable bonds is 5. The van der Waals surface area contributed by atoms with Gasteiger partial charge in [0, 0.05) is 23.6 Å². The molecule has 0 amide bonds. The highest BCUT2D eigenvalue weighted by molar-refractivity contribution is 7.98. The SMILES string of the molecule is Cc1ccc(C)c(Cc2c(C)nc3nc(SCc4ccccc4C)nn3c2C)c1. The summed E-state index contributed by atoms with van der Waals surface area (Å²) in [6.45, 7) is 10.6. The van der Waals surface area contributed by atoms with E-state index in [0.717, 1.165) is 28.7 Å². The lowest BCUT2D eigenvalue weighted by Crippen LogP contribution is -2.07. The molecule has 2 aromatic heterocycles. The number of aromatic nitrogens is 4. The van der Waals surface area contributed by atoms with Crippen LogP contribution in [0.4, 0.5) is 0 Å². The van der Waals surface area contributed by atoms with Gasteiger partial charge in [-0.1, -0.05) is 59.8 Å². The Bertz CT molecular complexity index is 1190. The molecule has 0 unspecified atom stereocenters. The van der Waals surface area contributed by atoms with Crippen molar-refractivity contribution in [1.29, 1.82) is 0 Å². The van der Waals surface area contributed by atoms with Crippen molar-refractivity contribution in [2.45, 2.75) is 51.9 Å². The van der Waals surface area contributed by atoms with E-state index in [-0.39, 0.29) is 0 Å².